The molecule has 0 saturated carbocycles. The average molecular weight is 550 g/mol. The molecule has 0 N–H and O–H groups in total. The summed E-state index contributed by atoms with van der Waals surface area (Å²) in [5, 5.41) is 0. The fraction of sp³-hybridized carbons (Fsp3) is 0.368. The van der Waals surface area contributed by atoms with E-state index in [0.29, 0.717) is 0 Å². The summed E-state index contributed by atoms with van der Waals surface area (Å²) in [6.45, 7) is 23.0. The SMILES string of the molecule is CC[N+](CC)(CC)Cc1ccc(N(c2ccc(-c3ccccc3)cc2)c2cccc(C[N+](CC)(CC)CC)c2)cc1. The summed E-state index contributed by atoms with van der Waals surface area (Å²) in [6, 6.07) is 38.2. The minimum Gasteiger partial charge on any atom is -0.321 e. The van der Waals surface area contributed by atoms with Crippen molar-refractivity contribution in [1.82, 2.24) is 0 Å². The standard InChI is InChI=1S/C38H51N3/c1-7-40(8-2,9-3)30-32-21-25-36(26-22-32)39(37-27-23-35(24-28-37)34-18-14-13-15-19-34)38-20-16-17-33(29-38)31-41(10-4,11-5)12-6/h13-29H,7-12,30-31H2,1-6H3/q+2. The van der Waals surface area contributed by atoms with Crippen LogP contribution >= 0.6 is 0 Å². The van der Waals surface area contributed by atoms with Gasteiger partial charge < -0.3 is 13.9 Å². The van der Waals surface area contributed by atoms with Gasteiger partial charge in [-0.3, -0.25) is 0 Å². The van der Waals surface area contributed by atoms with E-state index in [1.807, 2.05) is 0 Å². The van der Waals surface area contributed by atoms with Gasteiger partial charge >= 0.3 is 0 Å². The summed E-state index contributed by atoms with van der Waals surface area (Å²) < 4.78 is 2.23. The Labute approximate surface area is 249 Å². The molecule has 0 aliphatic heterocycles. The number of hydrogen-bond donors (Lipinski definition) is 0. The maximum absolute atomic E-state index is 2.42. The predicted molar refractivity (Wildman–Crippen MR) is 178 cm³/mol. The highest BCUT2D eigenvalue weighted by Gasteiger charge is 2.23. The number of quaternary nitrogens is 2. The van der Waals surface area contributed by atoms with Gasteiger partial charge in [-0.15, -0.1) is 0 Å². The molecule has 0 heterocycles. The van der Waals surface area contributed by atoms with E-state index in [4.69, 9.17) is 0 Å². The Morgan fingerprint density at radius 2 is 0.878 bits per heavy atom. The van der Waals surface area contributed by atoms with Crippen molar-refractivity contribution in [1.29, 1.82) is 0 Å². The zero-order valence-corrected chi connectivity index (χ0v) is 26.3. The minimum absolute atomic E-state index is 1.06. The second-order valence-corrected chi connectivity index (χ2v) is 11.5. The van der Waals surface area contributed by atoms with E-state index >= 15 is 0 Å². The predicted octanol–water partition coefficient (Wildman–Crippen LogP) is 9.58. The van der Waals surface area contributed by atoms with Crippen molar-refractivity contribution in [2.45, 2.75) is 54.6 Å². The number of rotatable bonds is 14. The Kier molecular flexibility index (Phi) is 10.4. The molecular weight excluding hydrogens is 498 g/mol. The molecule has 0 amide bonds. The molecule has 4 aromatic rings. The van der Waals surface area contributed by atoms with Crippen molar-refractivity contribution in [3.8, 4) is 11.1 Å². The molecule has 0 unspecified atom stereocenters. The highest BCUT2D eigenvalue weighted by molar-refractivity contribution is 5.78. The van der Waals surface area contributed by atoms with Crippen molar-refractivity contribution in [3.63, 3.8) is 0 Å². The van der Waals surface area contributed by atoms with Crippen molar-refractivity contribution >= 4 is 17.1 Å². The first kappa shape index (κ1) is 30.6. The van der Waals surface area contributed by atoms with E-state index in [2.05, 4.69) is 150 Å². The average Bonchev–Trinajstić information content (AvgIpc) is 3.04. The smallest absolute Gasteiger partial charge is 0.104 e. The summed E-state index contributed by atoms with van der Waals surface area (Å²) in [7, 11) is 0. The van der Waals surface area contributed by atoms with Crippen LogP contribution in [0.5, 0.6) is 0 Å². The van der Waals surface area contributed by atoms with Gasteiger partial charge in [0, 0.05) is 28.2 Å². The Hall–Kier alpha value is -3.40. The van der Waals surface area contributed by atoms with E-state index in [1.165, 1.54) is 39.3 Å². The van der Waals surface area contributed by atoms with Crippen molar-refractivity contribution in [2.24, 2.45) is 0 Å². The molecule has 4 aromatic carbocycles. The first-order chi connectivity index (χ1) is 19.9. The number of benzene rings is 4. The molecule has 0 aromatic heterocycles. The lowest BCUT2D eigenvalue weighted by atomic mass is 10.0. The van der Waals surface area contributed by atoms with Crippen LogP contribution in [0.3, 0.4) is 0 Å². The van der Waals surface area contributed by atoms with Gasteiger partial charge in [0.1, 0.15) is 13.1 Å². The molecule has 4 rings (SSSR count). The Bertz CT molecular complexity index is 1320. The molecule has 0 spiro atoms. The normalized spacial score (nSPS) is 12.0. The molecule has 0 aliphatic carbocycles. The van der Waals surface area contributed by atoms with Crippen LogP contribution in [0.15, 0.2) is 103 Å². The van der Waals surface area contributed by atoms with Gasteiger partial charge in [-0.25, -0.2) is 0 Å². The fourth-order valence-electron chi connectivity index (χ4n) is 6.21. The quantitative estimate of drug-likeness (QED) is 0.142. The first-order valence-electron chi connectivity index (χ1n) is 15.8. The summed E-state index contributed by atoms with van der Waals surface area (Å²) in [5.41, 5.74) is 8.87. The third-order valence-corrected chi connectivity index (χ3v) is 9.66. The third-order valence-electron chi connectivity index (χ3n) is 9.66. The number of hydrogen-bond acceptors (Lipinski definition) is 1. The summed E-state index contributed by atoms with van der Waals surface area (Å²) in [4.78, 5) is 2.42. The summed E-state index contributed by atoms with van der Waals surface area (Å²) in [5.74, 6) is 0. The molecule has 3 heteroatoms. The molecule has 0 radical (unpaired) electrons. The Balaban J connectivity index is 1.73. The van der Waals surface area contributed by atoms with Crippen LogP contribution in [0, 0.1) is 0 Å². The topological polar surface area (TPSA) is 3.24 Å². The number of anilines is 3. The minimum atomic E-state index is 1.06. The monoisotopic (exact) mass is 549 g/mol. The molecule has 0 bridgehead atoms. The Morgan fingerprint density at radius 3 is 1.39 bits per heavy atom. The molecule has 3 nitrogen and oxygen atoms in total. The van der Waals surface area contributed by atoms with Gasteiger partial charge in [-0.05, 0) is 89.1 Å². The molecule has 0 aliphatic rings. The van der Waals surface area contributed by atoms with Crippen molar-refractivity contribution < 1.29 is 8.97 Å². The van der Waals surface area contributed by atoms with E-state index in [-0.39, 0.29) is 0 Å². The molecule has 0 saturated heterocycles. The summed E-state index contributed by atoms with van der Waals surface area (Å²) in [6.07, 6.45) is 0. The molecular formula is C38H51N3+2. The van der Waals surface area contributed by atoms with Crippen LogP contribution in [0.4, 0.5) is 17.1 Å². The van der Waals surface area contributed by atoms with Gasteiger partial charge in [-0.2, -0.15) is 0 Å². The van der Waals surface area contributed by atoms with Crippen molar-refractivity contribution in [2.75, 3.05) is 44.2 Å². The van der Waals surface area contributed by atoms with E-state index in [0.717, 1.165) is 61.3 Å². The van der Waals surface area contributed by atoms with Gasteiger partial charge in [0.2, 0.25) is 0 Å². The van der Waals surface area contributed by atoms with Crippen molar-refractivity contribution in [3.05, 3.63) is 114 Å². The molecule has 0 atom stereocenters. The molecule has 41 heavy (non-hydrogen) atoms. The molecule has 0 fully saturated rings. The van der Waals surface area contributed by atoms with Crippen LogP contribution in [0.25, 0.3) is 11.1 Å². The maximum Gasteiger partial charge on any atom is 0.104 e. The zero-order chi connectivity index (χ0) is 29.3. The highest BCUT2D eigenvalue weighted by atomic mass is 15.3. The van der Waals surface area contributed by atoms with Crippen LogP contribution in [0.1, 0.15) is 52.7 Å². The van der Waals surface area contributed by atoms with E-state index in [9.17, 15) is 0 Å². The second-order valence-electron chi connectivity index (χ2n) is 11.5. The highest BCUT2D eigenvalue weighted by Crippen LogP contribution is 2.36. The van der Waals surface area contributed by atoms with Gasteiger partial charge in [0.15, 0.2) is 0 Å². The fourth-order valence-corrected chi connectivity index (χ4v) is 6.21. The first-order valence-corrected chi connectivity index (χ1v) is 15.8. The zero-order valence-electron chi connectivity index (χ0n) is 26.3. The summed E-state index contributed by atoms with van der Waals surface area (Å²) >= 11 is 0. The third kappa shape index (κ3) is 7.09. The maximum atomic E-state index is 2.42. The lowest BCUT2D eigenvalue weighted by Crippen LogP contribution is -2.46. The van der Waals surface area contributed by atoms with Crippen LogP contribution < -0.4 is 4.90 Å². The van der Waals surface area contributed by atoms with Crippen LogP contribution in [-0.4, -0.2) is 48.2 Å². The van der Waals surface area contributed by atoms with E-state index < -0.39 is 0 Å². The van der Waals surface area contributed by atoms with Gasteiger partial charge in [-0.1, -0.05) is 66.7 Å². The van der Waals surface area contributed by atoms with Crippen LogP contribution in [-0.2, 0) is 13.1 Å². The van der Waals surface area contributed by atoms with Gasteiger partial charge in [0.25, 0.3) is 0 Å². The Morgan fingerprint density at radius 1 is 0.415 bits per heavy atom. The van der Waals surface area contributed by atoms with E-state index in [1.54, 1.807) is 0 Å². The molecule has 216 valence electrons. The lowest BCUT2D eigenvalue weighted by molar-refractivity contribution is -0.936. The van der Waals surface area contributed by atoms with Gasteiger partial charge in [0.05, 0.1) is 39.3 Å². The number of nitrogens with zero attached hydrogens (tertiary/aromatic N) is 3. The lowest BCUT2D eigenvalue weighted by Gasteiger charge is -2.36. The largest absolute Gasteiger partial charge is 0.321 e. The van der Waals surface area contributed by atoms with Crippen LogP contribution in [0.2, 0.25) is 0 Å². The second kappa shape index (κ2) is 14.0.